The minimum Gasteiger partial charge on any atom is -0.392 e. The van der Waals surface area contributed by atoms with Gasteiger partial charge in [0.05, 0.1) is 21.8 Å². The number of nitrogens with one attached hydrogen (secondary N) is 1. The number of hydrogen-bond donors (Lipinski definition) is 2. The topological polar surface area (TPSA) is 55.8 Å². The van der Waals surface area contributed by atoms with E-state index in [-0.39, 0.29) is 5.91 Å². The van der Waals surface area contributed by atoms with E-state index in [1.54, 1.807) is 6.07 Å². The van der Waals surface area contributed by atoms with Crippen LogP contribution in [0, 0.1) is 0 Å². The third-order valence-electron chi connectivity index (χ3n) is 5.93. The Kier molecular flexibility index (Phi) is 7.18. The first-order valence-electron chi connectivity index (χ1n) is 10.7. The van der Waals surface area contributed by atoms with E-state index in [2.05, 4.69) is 21.2 Å². The quantitative estimate of drug-likeness (QED) is 0.663. The van der Waals surface area contributed by atoms with Crippen LogP contribution in [0.5, 0.6) is 0 Å². The van der Waals surface area contributed by atoms with Crippen LogP contribution >= 0.6 is 23.2 Å². The van der Waals surface area contributed by atoms with Gasteiger partial charge in [-0.2, -0.15) is 0 Å². The fourth-order valence-electron chi connectivity index (χ4n) is 4.19. The largest absolute Gasteiger partial charge is 0.392 e. The van der Waals surface area contributed by atoms with E-state index in [0.717, 1.165) is 43.0 Å². The zero-order chi connectivity index (χ0) is 21.8. The van der Waals surface area contributed by atoms with Gasteiger partial charge in [0.25, 0.3) is 0 Å². The third-order valence-corrected chi connectivity index (χ3v) is 6.74. The first-order valence-corrected chi connectivity index (χ1v) is 11.4. The van der Waals surface area contributed by atoms with E-state index in [1.807, 2.05) is 36.4 Å². The Morgan fingerprint density at radius 1 is 1.06 bits per heavy atom. The molecule has 1 amide bonds. The fraction of sp³-hybridized carbons (Fsp3) is 0.375. The number of carbonyl (C=O) groups is 1. The third kappa shape index (κ3) is 5.42. The van der Waals surface area contributed by atoms with Crippen LogP contribution < -0.4 is 10.2 Å². The summed E-state index contributed by atoms with van der Waals surface area (Å²) in [5, 5.41) is 14.5. The van der Waals surface area contributed by atoms with Crippen LogP contribution in [-0.4, -0.2) is 61.3 Å². The molecule has 4 rings (SSSR count). The number of benzene rings is 2. The van der Waals surface area contributed by atoms with Crippen molar-refractivity contribution in [2.45, 2.75) is 18.9 Å². The highest BCUT2D eigenvalue weighted by atomic mass is 35.5. The minimum absolute atomic E-state index is 0.0459. The number of amides is 1. The van der Waals surface area contributed by atoms with Gasteiger partial charge in [0.1, 0.15) is 0 Å². The summed E-state index contributed by atoms with van der Waals surface area (Å²) in [6, 6.07) is 13.7. The molecule has 2 aliphatic rings. The first-order chi connectivity index (χ1) is 15.0. The number of β-amino-alcohol motifs (C(OH)–C–C–N with tert-alkyl or cyclic N) is 1. The van der Waals surface area contributed by atoms with E-state index in [1.165, 1.54) is 5.56 Å². The van der Waals surface area contributed by atoms with Gasteiger partial charge in [-0.05, 0) is 35.8 Å². The highest BCUT2D eigenvalue weighted by molar-refractivity contribution is 6.43. The number of aliphatic hydroxyl groups excluding tert-OH is 1. The summed E-state index contributed by atoms with van der Waals surface area (Å²) in [5.74, 6) is -0.0459. The number of carbonyl (C=O) groups excluding carboxylic acids is 1. The molecule has 0 aromatic heterocycles. The van der Waals surface area contributed by atoms with Gasteiger partial charge in [-0.3, -0.25) is 9.69 Å². The molecule has 2 aromatic rings. The molecular weight excluding hydrogens is 433 g/mol. The van der Waals surface area contributed by atoms with Crippen molar-refractivity contribution in [1.82, 2.24) is 10.2 Å². The van der Waals surface area contributed by atoms with Crippen molar-refractivity contribution in [3.63, 3.8) is 0 Å². The van der Waals surface area contributed by atoms with Crippen LogP contribution in [-0.2, 0) is 11.2 Å². The molecule has 0 radical (unpaired) electrons. The van der Waals surface area contributed by atoms with Crippen molar-refractivity contribution < 1.29 is 9.90 Å². The van der Waals surface area contributed by atoms with Crippen LogP contribution in [0.2, 0.25) is 10.0 Å². The number of rotatable bonds is 7. The first kappa shape index (κ1) is 22.2. The van der Waals surface area contributed by atoms with Gasteiger partial charge in [-0.25, -0.2) is 0 Å². The highest BCUT2D eigenvalue weighted by Crippen LogP contribution is 2.32. The Labute approximate surface area is 193 Å². The number of halogens is 2. The Bertz CT molecular complexity index is 971. The lowest BCUT2D eigenvalue weighted by atomic mass is 10.1. The normalized spacial score (nSPS) is 17.3. The maximum atomic E-state index is 12.4. The second-order valence-electron chi connectivity index (χ2n) is 8.10. The molecule has 7 heteroatoms. The van der Waals surface area contributed by atoms with Crippen molar-refractivity contribution in [3.05, 3.63) is 69.2 Å². The number of nitrogens with zero attached hydrogens (tertiary/aromatic N) is 2. The summed E-state index contributed by atoms with van der Waals surface area (Å²) < 4.78 is 0. The molecule has 0 saturated carbocycles. The van der Waals surface area contributed by atoms with Gasteiger partial charge in [0, 0.05) is 51.3 Å². The second-order valence-corrected chi connectivity index (χ2v) is 8.89. The predicted octanol–water partition coefficient (Wildman–Crippen LogP) is 3.62. The maximum absolute atomic E-state index is 12.4. The molecule has 1 fully saturated rings. The van der Waals surface area contributed by atoms with Crippen molar-refractivity contribution >= 4 is 40.9 Å². The average molecular weight is 460 g/mol. The molecule has 1 heterocycles. The molecule has 1 saturated heterocycles. The van der Waals surface area contributed by atoms with Gasteiger partial charge >= 0.3 is 0 Å². The Balaban J connectivity index is 1.17. The van der Waals surface area contributed by atoms with E-state index >= 15 is 0 Å². The zero-order valence-electron chi connectivity index (χ0n) is 17.4. The van der Waals surface area contributed by atoms with E-state index < -0.39 is 6.10 Å². The molecule has 5 nitrogen and oxygen atoms in total. The van der Waals surface area contributed by atoms with Gasteiger partial charge < -0.3 is 15.3 Å². The molecule has 1 unspecified atom stereocenters. The second kappa shape index (κ2) is 10.0. The summed E-state index contributed by atoms with van der Waals surface area (Å²) in [5.41, 5.74) is 4.05. The molecule has 164 valence electrons. The Morgan fingerprint density at radius 3 is 2.61 bits per heavy atom. The molecule has 2 N–H and O–H groups in total. The molecule has 0 bridgehead atoms. The molecular formula is C24H27Cl2N3O2. The molecule has 2 aromatic carbocycles. The summed E-state index contributed by atoms with van der Waals surface area (Å²) in [6.07, 6.45) is 2.68. The van der Waals surface area contributed by atoms with E-state index in [9.17, 15) is 9.90 Å². The van der Waals surface area contributed by atoms with E-state index in [0.29, 0.717) is 36.0 Å². The summed E-state index contributed by atoms with van der Waals surface area (Å²) >= 11 is 12.5. The average Bonchev–Trinajstić information content (AvgIpc) is 3.21. The van der Waals surface area contributed by atoms with Gasteiger partial charge in [-0.1, -0.05) is 53.5 Å². The molecule has 1 aliphatic carbocycles. The monoisotopic (exact) mass is 459 g/mol. The predicted molar refractivity (Wildman–Crippen MR) is 127 cm³/mol. The number of aliphatic hydroxyl groups is 1. The van der Waals surface area contributed by atoms with E-state index in [4.69, 9.17) is 23.2 Å². The van der Waals surface area contributed by atoms with Gasteiger partial charge in [-0.15, -0.1) is 0 Å². The number of anilines is 1. The number of piperazine rings is 1. The summed E-state index contributed by atoms with van der Waals surface area (Å²) in [7, 11) is 0. The lowest BCUT2D eigenvalue weighted by Crippen LogP contribution is -2.49. The Morgan fingerprint density at radius 2 is 1.84 bits per heavy atom. The van der Waals surface area contributed by atoms with Crippen molar-refractivity contribution in [2.75, 3.05) is 44.2 Å². The van der Waals surface area contributed by atoms with Crippen LogP contribution in [0.4, 0.5) is 5.69 Å². The smallest absolute Gasteiger partial charge is 0.247 e. The SMILES string of the molecule is O=C(NCCC(O)CN1CCN(c2cccc(Cl)c2Cl)CC1)C1=Cc2ccccc2C1. The standard InChI is InChI=1S/C24H27Cl2N3O2/c25-21-6-3-7-22(23(21)26)29-12-10-28(11-13-29)16-20(30)8-9-27-24(31)19-14-17-4-1-2-5-18(17)15-19/h1-7,14,20,30H,8-13,15-16H2,(H,27,31). The van der Waals surface area contributed by atoms with Gasteiger partial charge in [0.15, 0.2) is 0 Å². The lowest BCUT2D eigenvalue weighted by Gasteiger charge is -2.37. The fourth-order valence-corrected chi connectivity index (χ4v) is 4.60. The maximum Gasteiger partial charge on any atom is 0.247 e. The van der Waals surface area contributed by atoms with Crippen molar-refractivity contribution in [3.8, 4) is 0 Å². The minimum atomic E-state index is -0.476. The van der Waals surface area contributed by atoms with Crippen LogP contribution in [0.15, 0.2) is 48.0 Å². The van der Waals surface area contributed by atoms with Crippen molar-refractivity contribution in [1.29, 1.82) is 0 Å². The van der Waals surface area contributed by atoms with Crippen LogP contribution in [0.25, 0.3) is 6.08 Å². The van der Waals surface area contributed by atoms with Crippen LogP contribution in [0.1, 0.15) is 17.5 Å². The molecule has 1 aliphatic heterocycles. The Hall–Kier alpha value is -2.05. The number of fused-ring (bicyclic) bond motifs is 1. The number of hydrogen-bond acceptors (Lipinski definition) is 4. The lowest BCUT2D eigenvalue weighted by molar-refractivity contribution is -0.117. The molecule has 0 spiro atoms. The summed E-state index contributed by atoms with van der Waals surface area (Å²) in [4.78, 5) is 16.9. The molecule has 31 heavy (non-hydrogen) atoms. The van der Waals surface area contributed by atoms with Crippen molar-refractivity contribution in [2.24, 2.45) is 0 Å². The van der Waals surface area contributed by atoms with Gasteiger partial charge in [0.2, 0.25) is 5.91 Å². The highest BCUT2D eigenvalue weighted by Gasteiger charge is 2.22. The zero-order valence-corrected chi connectivity index (χ0v) is 18.9. The van der Waals surface area contributed by atoms with Crippen LogP contribution in [0.3, 0.4) is 0 Å². The summed E-state index contributed by atoms with van der Waals surface area (Å²) in [6.45, 7) is 4.41. The molecule has 1 atom stereocenters.